The highest BCUT2D eigenvalue weighted by atomic mass is 30.1. The number of hydrogen-bond acceptors (Lipinski definition) is 0. The molecular weight excluding hydrogens is 1520 g/mol. The summed E-state index contributed by atoms with van der Waals surface area (Å²) in [6.45, 7) is 47.7. The van der Waals surface area contributed by atoms with E-state index in [0.29, 0.717) is 0 Å². The zero-order chi connectivity index (χ0) is 85.6. The standard InChI is InChI=1S/C108H234Si8/c1-19-37-55-73-91-109(92-74-56-38-20-2,93-75-57-39-21-3)111(97-79-61-43-25-7,98-80-62-44-26-8)113(101-83-65-47-29-11,102-84-66-48-30-12)115(105-87-69-51-33-15,106-88-70-52-34-16)116(107-89-71-53-35-17,108-90-72-54-36-18)114(103-85-67-49-31-13,104-86-68-50-32-14)112(99-81-63-45-27-9,100-82-64-46-28-10)110(94-76-58-40-22-4,95-77-59-41-23-5)96-78-60-42-24-6/h19-108H2,1-18H3. The lowest BCUT2D eigenvalue weighted by Gasteiger charge is -2.76. The summed E-state index contributed by atoms with van der Waals surface area (Å²) in [4.78, 5) is 0. The molecule has 0 aromatic heterocycles. The van der Waals surface area contributed by atoms with Gasteiger partial charge < -0.3 is 0 Å². The Morgan fingerprint density at radius 2 is 0.155 bits per heavy atom. The SMILES string of the molecule is CCCCCC[Si](CCCCCC)(CCCCCC)[Si](CCCCCC)(CCCCCC)[Si](CCCCCC)(CCCCCC)[Si](CCCCCC)(CCCCCC)[Si](CCCCCC)(CCCCCC)[Si](CCCCCC)(CCCCCC)[Si](CCCCCC)(CCCCCC)[Si](CCCCCC)(CCCCCC)CCCCCC. The average Bonchev–Trinajstić information content (AvgIpc) is 0.655. The van der Waals surface area contributed by atoms with E-state index in [-0.39, 0.29) is 0 Å². The molecule has 0 saturated heterocycles. The van der Waals surface area contributed by atoms with E-state index >= 15 is 0 Å². The van der Waals surface area contributed by atoms with Crippen LogP contribution in [0, 0.1) is 0 Å². The van der Waals surface area contributed by atoms with Gasteiger partial charge in [-0.1, -0.05) is 696 Å². The van der Waals surface area contributed by atoms with Crippen LogP contribution in [0.4, 0.5) is 0 Å². The van der Waals surface area contributed by atoms with E-state index in [9.17, 15) is 0 Å². The van der Waals surface area contributed by atoms with Crippen molar-refractivity contribution in [1.29, 1.82) is 0 Å². The first-order valence-electron chi connectivity index (χ1n) is 56.8. The van der Waals surface area contributed by atoms with Crippen molar-refractivity contribution in [3.63, 3.8) is 0 Å². The highest BCUT2D eigenvalue weighted by molar-refractivity contribution is 8.05. The maximum atomic E-state index is 2.68. The first kappa shape index (κ1) is 118. The molecule has 0 atom stereocenters. The van der Waals surface area contributed by atoms with Gasteiger partial charge in [0, 0.05) is 57.8 Å². The fourth-order valence-corrected chi connectivity index (χ4v) is 303. The van der Waals surface area contributed by atoms with Crippen LogP contribution < -0.4 is 0 Å². The van der Waals surface area contributed by atoms with Crippen molar-refractivity contribution >= 4 is 57.8 Å². The molecule has 116 heavy (non-hydrogen) atoms. The molecule has 0 aromatic carbocycles. The second-order valence-corrected chi connectivity index (χ2v) is 119. The minimum absolute atomic E-state index is 1.42. The monoisotopic (exact) mass is 1760 g/mol. The van der Waals surface area contributed by atoms with Crippen molar-refractivity contribution in [2.24, 2.45) is 0 Å². The van der Waals surface area contributed by atoms with Gasteiger partial charge in [0.05, 0.1) is 0 Å². The zero-order valence-electron chi connectivity index (χ0n) is 85.6. The molecule has 8 heteroatoms. The van der Waals surface area contributed by atoms with Crippen LogP contribution in [0.5, 0.6) is 0 Å². The van der Waals surface area contributed by atoms with Crippen LogP contribution in [0.25, 0.3) is 0 Å². The third-order valence-corrected chi connectivity index (χ3v) is 195. The predicted octanol–water partition coefficient (Wildman–Crippen LogP) is 42.6. The summed E-state index contributed by atoms with van der Waals surface area (Å²) in [6.07, 6.45) is 113. The fraction of sp³-hybridized carbons (Fsp3) is 1.00. The topological polar surface area (TPSA) is 0 Å². The van der Waals surface area contributed by atoms with E-state index in [4.69, 9.17) is 0 Å². The van der Waals surface area contributed by atoms with Crippen LogP contribution in [-0.2, 0) is 0 Å². The van der Waals surface area contributed by atoms with Gasteiger partial charge in [0.15, 0.2) is 0 Å². The number of unbranched alkanes of at least 4 members (excludes halogenated alkanes) is 54. The van der Waals surface area contributed by atoms with Crippen molar-refractivity contribution in [2.45, 2.75) is 696 Å². The van der Waals surface area contributed by atoms with E-state index in [1.807, 2.05) is 109 Å². The lowest BCUT2D eigenvalue weighted by atomic mass is 10.2. The van der Waals surface area contributed by atoms with Gasteiger partial charge in [-0.15, -0.1) is 0 Å². The largest absolute Gasteiger partial charge is 0.0654 e. The molecule has 0 radical (unpaired) electrons. The van der Waals surface area contributed by atoms with Crippen molar-refractivity contribution in [3.8, 4) is 0 Å². The van der Waals surface area contributed by atoms with Gasteiger partial charge >= 0.3 is 0 Å². The molecule has 0 unspecified atom stereocenters. The van der Waals surface area contributed by atoms with Crippen LogP contribution in [0.1, 0.15) is 587 Å². The van der Waals surface area contributed by atoms with Crippen molar-refractivity contribution in [3.05, 3.63) is 0 Å². The average molecular weight is 1760 g/mol. The van der Waals surface area contributed by atoms with Crippen LogP contribution in [0.15, 0.2) is 0 Å². The molecule has 0 aliphatic rings. The lowest BCUT2D eigenvalue weighted by molar-refractivity contribution is 0.662. The smallest absolute Gasteiger partial charge is 0.0450 e. The molecule has 0 fully saturated rings. The number of rotatable bonds is 97. The van der Waals surface area contributed by atoms with Crippen molar-refractivity contribution in [1.82, 2.24) is 0 Å². The molecule has 698 valence electrons. The molecule has 0 saturated carbocycles. The first-order valence-corrected chi connectivity index (χ1v) is 83.6. The summed E-state index contributed by atoms with van der Waals surface area (Å²) in [5, 5.41) is 0. The van der Waals surface area contributed by atoms with Crippen LogP contribution in [0.2, 0.25) is 109 Å². The van der Waals surface area contributed by atoms with Crippen LogP contribution in [0.3, 0.4) is 0 Å². The molecule has 0 aliphatic carbocycles. The molecule has 0 amide bonds. The Labute approximate surface area is 747 Å². The Hall–Kier alpha value is 1.74. The highest BCUT2D eigenvalue weighted by Gasteiger charge is 2.81. The molecule has 0 nitrogen and oxygen atoms in total. The van der Waals surface area contributed by atoms with Crippen LogP contribution in [-0.4, -0.2) is 57.8 Å². The Bertz CT molecular complexity index is 1720. The van der Waals surface area contributed by atoms with Gasteiger partial charge in [-0.25, -0.2) is 0 Å². The van der Waals surface area contributed by atoms with Crippen LogP contribution >= 0.6 is 0 Å². The van der Waals surface area contributed by atoms with Gasteiger partial charge in [0.25, 0.3) is 0 Å². The molecule has 0 heterocycles. The summed E-state index contributed by atoms with van der Waals surface area (Å²) in [7, 11) is -18.3. The van der Waals surface area contributed by atoms with E-state index < -0.39 is 57.8 Å². The van der Waals surface area contributed by atoms with Gasteiger partial charge in [-0.2, -0.15) is 0 Å². The van der Waals surface area contributed by atoms with E-state index in [1.165, 1.54) is 205 Å². The minimum atomic E-state index is -2.45. The maximum absolute atomic E-state index is 2.68. The molecule has 0 N–H and O–H groups in total. The van der Waals surface area contributed by atoms with Gasteiger partial charge in [-0.05, 0) is 0 Å². The summed E-state index contributed by atoms with van der Waals surface area (Å²) in [5.41, 5.74) is 0. The normalized spacial score (nSPS) is 13.1. The van der Waals surface area contributed by atoms with Crippen molar-refractivity contribution < 1.29 is 0 Å². The Balaban J connectivity index is 13.8. The maximum Gasteiger partial charge on any atom is 0.0450 e. The Morgan fingerprint density at radius 3 is 0.250 bits per heavy atom. The molecular formula is C108H234Si8. The first-order chi connectivity index (χ1) is 56.8. The Kier molecular flexibility index (Phi) is 81.3. The van der Waals surface area contributed by atoms with Gasteiger partial charge in [0.1, 0.15) is 0 Å². The molecule has 0 aliphatic heterocycles. The molecule has 0 spiro atoms. The van der Waals surface area contributed by atoms with E-state index in [0.717, 1.165) is 0 Å². The third-order valence-electron chi connectivity index (χ3n) is 33.1. The molecule has 0 aromatic rings. The highest BCUT2D eigenvalue weighted by Crippen LogP contribution is 2.65. The van der Waals surface area contributed by atoms with Gasteiger partial charge in [0.2, 0.25) is 0 Å². The quantitative estimate of drug-likeness (QED) is 0.0421. The Morgan fingerprint density at radius 1 is 0.0776 bits per heavy atom. The summed E-state index contributed by atoms with van der Waals surface area (Å²) in [5.74, 6) is 0. The fourth-order valence-electron chi connectivity index (χ4n) is 27.2. The predicted molar refractivity (Wildman–Crippen MR) is 567 cm³/mol. The summed E-state index contributed by atoms with van der Waals surface area (Å²) in [6, 6.07) is 34.5. The van der Waals surface area contributed by atoms with E-state index in [2.05, 4.69) is 125 Å². The van der Waals surface area contributed by atoms with E-state index in [1.54, 1.807) is 257 Å². The van der Waals surface area contributed by atoms with Crippen molar-refractivity contribution in [2.75, 3.05) is 0 Å². The van der Waals surface area contributed by atoms with Gasteiger partial charge in [-0.3, -0.25) is 0 Å². The molecule has 0 rings (SSSR count). The number of hydrogen-bond donors (Lipinski definition) is 0. The second kappa shape index (κ2) is 80.1. The lowest BCUT2D eigenvalue weighted by Crippen LogP contribution is -2.99. The summed E-state index contributed by atoms with van der Waals surface area (Å²) < 4.78 is 0. The zero-order valence-corrected chi connectivity index (χ0v) is 93.6. The second-order valence-electron chi connectivity index (χ2n) is 41.6. The third kappa shape index (κ3) is 41.9. The minimum Gasteiger partial charge on any atom is -0.0654 e. The molecule has 0 bridgehead atoms. The summed E-state index contributed by atoms with van der Waals surface area (Å²) >= 11 is 0.